The van der Waals surface area contributed by atoms with Gasteiger partial charge in [-0.1, -0.05) is 6.92 Å². The summed E-state index contributed by atoms with van der Waals surface area (Å²) in [5.41, 5.74) is 0.740. The molecule has 0 amide bonds. The first-order chi connectivity index (χ1) is 11.9. The highest BCUT2D eigenvalue weighted by Gasteiger charge is 2.48. The number of piperidine rings is 2. The van der Waals surface area contributed by atoms with Gasteiger partial charge in [-0.2, -0.15) is 12.7 Å². The maximum atomic E-state index is 11.9. The monoisotopic (exact) mass is 364 g/mol. The van der Waals surface area contributed by atoms with Gasteiger partial charge in [0, 0.05) is 37.8 Å². The van der Waals surface area contributed by atoms with E-state index in [1.807, 2.05) is 12.3 Å². The Morgan fingerprint density at radius 1 is 1.32 bits per heavy atom. The van der Waals surface area contributed by atoms with E-state index in [4.69, 9.17) is 5.14 Å². The number of hydrogen-bond donors (Lipinski definition) is 2. The summed E-state index contributed by atoms with van der Waals surface area (Å²) in [7, 11) is -3.65. The predicted molar refractivity (Wildman–Crippen MR) is 96.2 cm³/mol. The third-order valence-electron chi connectivity index (χ3n) is 6.03. The van der Waals surface area contributed by atoms with Gasteiger partial charge in [0.2, 0.25) is 0 Å². The molecule has 2 atom stereocenters. The highest BCUT2D eigenvalue weighted by atomic mass is 32.2. The molecule has 0 aliphatic carbocycles. The molecule has 2 aliphatic rings. The van der Waals surface area contributed by atoms with E-state index in [1.165, 1.54) is 4.31 Å². The molecule has 0 radical (unpaired) electrons. The molecule has 3 N–H and O–H groups in total. The smallest absolute Gasteiger partial charge is 0.276 e. The van der Waals surface area contributed by atoms with E-state index in [1.54, 1.807) is 6.33 Å². The molecule has 0 aromatic carbocycles. The molecule has 0 spiro atoms. The van der Waals surface area contributed by atoms with Crippen molar-refractivity contribution < 1.29 is 8.42 Å². The average molecular weight is 364 g/mol. The summed E-state index contributed by atoms with van der Waals surface area (Å²) < 4.78 is 25.2. The summed E-state index contributed by atoms with van der Waals surface area (Å²) >= 11 is 0. The zero-order valence-corrected chi connectivity index (χ0v) is 15.2. The van der Waals surface area contributed by atoms with Crippen LogP contribution < -0.4 is 10.0 Å². The van der Waals surface area contributed by atoms with Gasteiger partial charge in [0.05, 0.1) is 5.39 Å². The van der Waals surface area contributed by atoms with Crippen molar-refractivity contribution in [2.45, 2.75) is 26.2 Å². The fourth-order valence-electron chi connectivity index (χ4n) is 4.59. The molecule has 2 aromatic rings. The molecule has 2 aromatic heterocycles. The SMILES string of the molecule is CC[C@@]12CN(c3ncnc4[nH]ccc34)CCC1CCN(S(N)(=O)=O)C2. The Morgan fingerprint density at radius 3 is 2.88 bits per heavy atom. The van der Waals surface area contributed by atoms with Crippen molar-refractivity contribution in [3.05, 3.63) is 18.6 Å². The van der Waals surface area contributed by atoms with Gasteiger partial charge in [0.1, 0.15) is 17.8 Å². The number of aromatic nitrogens is 3. The summed E-state index contributed by atoms with van der Waals surface area (Å²) in [4.78, 5) is 14.2. The van der Waals surface area contributed by atoms with Crippen LogP contribution in [0.3, 0.4) is 0 Å². The molecule has 2 aliphatic heterocycles. The number of hydrogen-bond acceptors (Lipinski definition) is 5. The number of nitrogens with two attached hydrogens (primary N) is 1. The summed E-state index contributed by atoms with van der Waals surface area (Å²) in [5.74, 6) is 1.44. The van der Waals surface area contributed by atoms with Crippen molar-refractivity contribution >= 4 is 27.1 Å². The van der Waals surface area contributed by atoms with Crippen molar-refractivity contribution in [1.82, 2.24) is 19.3 Å². The van der Waals surface area contributed by atoms with Crippen molar-refractivity contribution in [3.63, 3.8) is 0 Å². The molecule has 0 saturated carbocycles. The second-order valence-corrected chi connectivity index (χ2v) is 8.77. The minimum absolute atomic E-state index is 0.0868. The Balaban J connectivity index is 1.67. The molecule has 1 unspecified atom stereocenters. The van der Waals surface area contributed by atoms with Gasteiger partial charge in [0.15, 0.2) is 0 Å². The van der Waals surface area contributed by atoms with Gasteiger partial charge in [-0.25, -0.2) is 15.1 Å². The number of H-pyrrole nitrogens is 1. The highest BCUT2D eigenvalue weighted by molar-refractivity contribution is 7.86. The van der Waals surface area contributed by atoms with Crippen LogP contribution in [0.4, 0.5) is 5.82 Å². The van der Waals surface area contributed by atoms with Gasteiger partial charge < -0.3 is 9.88 Å². The number of nitrogens with zero attached hydrogens (tertiary/aromatic N) is 4. The standard InChI is InChI=1S/C16H24N6O2S/c1-2-16-9-21(15-13-3-6-18-14(13)19-11-20-15)7-4-12(16)5-8-22(10-16)25(17,23)24/h3,6,11-12H,2,4-5,7-10H2,1H3,(H2,17,23,24)(H,18,19,20)/t12?,16-/m0/s1. The molecular formula is C16H24N6O2S. The Kier molecular flexibility index (Phi) is 3.97. The van der Waals surface area contributed by atoms with E-state index in [0.717, 1.165) is 49.2 Å². The van der Waals surface area contributed by atoms with Crippen LogP contribution in [0.15, 0.2) is 18.6 Å². The third kappa shape index (κ3) is 2.80. The Morgan fingerprint density at radius 2 is 2.12 bits per heavy atom. The first kappa shape index (κ1) is 16.7. The predicted octanol–water partition coefficient (Wildman–Crippen LogP) is 1.09. The van der Waals surface area contributed by atoms with E-state index in [9.17, 15) is 8.42 Å². The lowest BCUT2D eigenvalue weighted by Crippen LogP contribution is -2.59. The van der Waals surface area contributed by atoms with Gasteiger partial charge >= 0.3 is 0 Å². The zero-order valence-electron chi connectivity index (χ0n) is 14.4. The minimum atomic E-state index is -3.65. The summed E-state index contributed by atoms with van der Waals surface area (Å²) in [6.45, 7) is 4.89. The highest BCUT2D eigenvalue weighted by Crippen LogP contribution is 2.45. The first-order valence-corrected chi connectivity index (χ1v) is 10.2. The molecule has 4 rings (SSSR count). The van der Waals surface area contributed by atoms with Gasteiger partial charge in [-0.15, -0.1) is 0 Å². The molecule has 9 heteroatoms. The summed E-state index contributed by atoms with van der Waals surface area (Å²) in [5, 5.41) is 6.42. The maximum Gasteiger partial charge on any atom is 0.276 e. The molecule has 25 heavy (non-hydrogen) atoms. The maximum absolute atomic E-state index is 11.9. The lowest BCUT2D eigenvalue weighted by Gasteiger charge is -2.53. The fourth-order valence-corrected chi connectivity index (χ4v) is 5.38. The van der Waals surface area contributed by atoms with Crippen LogP contribution >= 0.6 is 0 Å². The summed E-state index contributed by atoms with van der Waals surface area (Å²) in [6.07, 6.45) is 6.29. The molecule has 136 valence electrons. The van der Waals surface area contributed by atoms with Crippen LogP contribution in [0.1, 0.15) is 26.2 Å². The topological polar surface area (TPSA) is 108 Å². The summed E-state index contributed by atoms with van der Waals surface area (Å²) in [6, 6.07) is 1.99. The van der Waals surface area contributed by atoms with Crippen molar-refractivity contribution in [1.29, 1.82) is 0 Å². The van der Waals surface area contributed by atoms with Gasteiger partial charge in [-0.3, -0.25) is 0 Å². The van der Waals surface area contributed by atoms with E-state index in [0.29, 0.717) is 19.0 Å². The van der Waals surface area contributed by atoms with Crippen LogP contribution in [0.25, 0.3) is 11.0 Å². The number of nitrogens with one attached hydrogen (secondary N) is 1. The van der Waals surface area contributed by atoms with Crippen LogP contribution in [0.2, 0.25) is 0 Å². The van der Waals surface area contributed by atoms with Crippen molar-refractivity contribution in [2.24, 2.45) is 16.5 Å². The Bertz CT molecular complexity index is 882. The van der Waals surface area contributed by atoms with E-state index in [-0.39, 0.29) is 5.41 Å². The molecule has 2 fully saturated rings. The van der Waals surface area contributed by atoms with E-state index >= 15 is 0 Å². The van der Waals surface area contributed by atoms with Crippen LogP contribution in [-0.2, 0) is 10.2 Å². The average Bonchev–Trinajstić information content (AvgIpc) is 3.08. The second-order valence-electron chi connectivity index (χ2n) is 7.23. The number of aromatic amines is 1. The van der Waals surface area contributed by atoms with E-state index < -0.39 is 10.2 Å². The third-order valence-corrected chi connectivity index (χ3v) is 7.07. The van der Waals surface area contributed by atoms with E-state index in [2.05, 4.69) is 26.8 Å². The van der Waals surface area contributed by atoms with Crippen LogP contribution in [0.5, 0.6) is 0 Å². The fraction of sp³-hybridized carbons (Fsp3) is 0.625. The van der Waals surface area contributed by atoms with Crippen LogP contribution in [-0.4, -0.2) is 53.9 Å². The van der Waals surface area contributed by atoms with Gasteiger partial charge in [0.25, 0.3) is 10.2 Å². The molecule has 2 saturated heterocycles. The molecule has 8 nitrogen and oxygen atoms in total. The lowest BCUT2D eigenvalue weighted by molar-refractivity contribution is 0.0463. The molecular weight excluding hydrogens is 340 g/mol. The number of fused-ring (bicyclic) bond motifs is 2. The molecule has 0 bridgehead atoms. The Labute approximate surface area is 147 Å². The number of rotatable bonds is 3. The van der Waals surface area contributed by atoms with Crippen LogP contribution in [0, 0.1) is 11.3 Å². The largest absolute Gasteiger partial charge is 0.355 e. The second kappa shape index (κ2) is 5.93. The lowest BCUT2D eigenvalue weighted by atomic mass is 9.66. The minimum Gasteiger partial charge on any atom is -0.355 e. The first-order valence-electron chi connectivity index (χ1n) is 8.74. The van der Waals surface area contributed by atoms with Gasteiger partial charge in [-0.05, 0) is 31.2 Å². The van der Waals surface area contributed by atoms with Crippen molar-refractivity contribution in [3.8, 4) is 0 Å². The zero-order chi connectivity index (χ0) is 17.7. The quantitative estimate of drug-likeness (QED) is 0.847. The van der Waals surface area contributed by atoms with Crippen molar-refractivity contribution in [2.75, 3.05) is 31.1 Å². The number of anilines is 1. The molecule has 4 heterocycles. The Hall–Kier alpha value is -1.71. The normalized spacial score (nSPS) is 28.2.